The minimum atomic E-state index is -1.57. The van der Waals surface area contributed by atoms with E-state index in [2.05, 4.69) is 5.32 Å². The van der Waals surface area contributed by atoms with E-state index in [4.69, 9.17) is 20.4 Å². The van der Waals surface area contributed by atoms with Crippen molar-refractivity contribution < 1.29 is 25.5 Å². The molecule has 0 aromatic rings. The molecule has 0 saturated carbocycles. The molecule has 6 nitrogen and oxygen atoms in total. The van der Waals surface area contributed by atoms with Gasteiger partial charge in [0.15, 0.2) is 0 Å². The van der Waals surface area contributed by atoms with E-state index < -0.39 is 31.0 Å². The molecule has 0 aliphatic rings. The first-order valence-corrected chi connectivity index (χ1v) is 3.93. The minimum Gasteiger partial charge on any atom is -0.394 e. The van der Waals surface area contributed by atoms with Crippen LogP contribution in [0.25, 0.3) is 0 Å². The highest BCUT2D eigenvalue weighted by molar-refractivity contribution is 4.81. The van der Waals surface area contributed by atoms with Gasteiger partial charge in [0.05, 0.1) is 12.7 Å². The summed E-state index contributed by atoms with van der Waals surface area (Å²) in [5.41, 5.74) is 0. The fourth-order valence-corrected chi connectivity index (χ4v) is 0.858. The molecule has 0 fully saturated rings. The maximum absolute atomic E-state index is 9.19. The second kappa shape index (κ2) is 6.25. The average molecular weight is 194 g/mol. The van der Waals surface area contributed by atoms with Gasteiger partial charge < -0.3 is 25.5 Å². The first kappa shape index (κ1) is 12.8. The molecule has 5 N–H and O–H groups in total. The maximum atomic E-state index is 9.19. The molecule has 0 spiro atoms. The highest BCUT2D eigenvalue weighted by Crippen LogP contribution is 2.04. The number of hydrogen-bond donors (Lipinski definition) is 5. The Morgan fingerprint density at radius 1 is 1.00 bits per heavy atom. The summed E-state index contributed by atoms with van der Waals surface area (Å²) in [6, 6.07) is 0. The van der Waals surface area contributed by atoms with Crippen LogP contribution in [0.2, 0.25) is 0 Å². The quantitative estimate of drug-likeness (QED) is 0.303. The van der Waals surface area contributed by atoms with E-state index in [-0.39, 0.29) is 6.54 Å². The van der Waals surface area contributed by atoms with Gasteiger partial charge in [-0.05, 0) is 0 Å². The first-order valence-electron chi connectivity index (χ1n) is 3.93. The molecule has 1 radical (unpaired) electrons. The maximum Gasteiger partial charge on any atom is 0.111 e. The molecule has 79 valence electrons. The molecule has 0 aromatic carbocycles. The number of aliphatic hydroxyl groups is 5. The molecule has 0 aliphatic carbocycles. The van der Waals surface area contributed by atoms with Crippen molar-refractivity contribution in [1.29, 1.82) is 0 Å². The normalized spacial score (nSPS) is 20.8. The van der Waals surface area contributed by atoms with Crippen LogP contribution >= 0.6 is 0 Å². The van der Waals surface area contributed by atoms with Crippen LogP contribution in [-0.2, 0) is 0 Å². The van der Waals surface area contributed by atoms with Crippen LogP contribution < -0.4 is 5.32 Å². The zero-order valence-corrected chi connectivity index (χ0v) is 7.41. The lowest BCUT2D eigenvalue weighted by molar-refractivity contribution is -0.113. The summed E-state index contributed by atoms with van der Waals surface area (Å²) in [6.07, 6.45) is -5.77. The Kier molecular flexibility index (Phi) is 6.13. The number of likely N-dealkylation sites (N-methyl/N-ethyl adjacent to an activating group) is 1. The Hall–Kier alpha value is -0.240. The molecule has 0 aliphatic heterocycles. The van der Waals surface area contributed by atoms with E-state index in [0.29, 0.717) is 0 Å². The van der Waals surface area contributed by atoms with Gasteiger partial charge in [-0.3, -0.25) is 0 Å². The molecular formula is C7H16NO5. The Bertz CT molecular complexity index is 134. The lowest BCUT2D eigenvalue weighted by Crippen LogP contribution is -2.47. The van der Waals surface area contributed by atoms with Crippen LogP contribution in [0.4, 0.5) is 0 Å². The van der Waals surface area contributed by atoms with Gasteiger partial charge >= 0.3 is 0 Å². The van der Waals surface area contributed by atoms with Crippen molar-refractivity contribution in [2.45, 2.75) is 24.4 Å². The second-order valence-electron chi connectivity index (χ2n) is 2.80. The van der Waals surface area contributed by atoms with E-state index in [1.54, 1.807) is 0 Å². The third kappa shape index (κ3) is 3.99. The predicted octanol–water partition coefficient (Wildman–Crippen LogP) is -3.34. The molecular weight excluding hydrogens is 178 g/mol. The fraction of sp³-hybridized carbons (Fsp3) is 1.00. The average Bonchev–Trinajstić information content (AvgIpc) is 2.14. The van der Waals surface area contributed by atoms with Crippen molar-refractivity contribution >= 4 is 0 Å². The zero-order chi connectivity index (χ0) is 10.4. The van der Waals surface area contributed by atoms with Gasteiger partial charge in [0, 0.05) is 13.6 Å². The van der Waals surface area contributed by atoms with Crippen molar-refractivity contribution in [2.75, 3.05) is 20.2 Å². The minimum absolute atomic E-state index is 0.0314. The lowest BCUT2D eigenvalue weighted by atomic mass is 10.0. The Balaban J connectivity index is 3.99. The van der Waals surface area contributed by atoms with Crippen molar-refractivity contribution in [2.24, 2.45) is 0 Å². The van der Waals surface area contributed by atoms with E-state index in [1.807, 2.05) is 0 Å². The predicted molar refractivity (Wildman–Crippen MR) is 44.0 cm³/mol. The number of nitrogens with zero attached hydrogens (tertiary/aromatic N) is 1. The summed E-state index contributed by atoms with van der Waals surface area (Å²) in [4.78, 5) is 0. The van der Waals surface area contributed by atoms with Gasteiger partial charge in [0.2, 0.25) is 0 Å². The largest absolute Gasteiger partial charge is 0.394 e. The molecule has 0 rings (SSSR count). The molecule has 0 bridgehead atoms. The smallest absolute Gasteiger partial charge is 0.111 e. The van der Waals surface area contributed by atoms with E-state index >= 15 is 0 Å². The molecule has 0 saturated heterocycles. The molecule has 4 unspecified atom stereocenters. The standard InChI is InChI=1S/C7H16NO5/c1-8-2-4(10)6(12)7(13)5(11)3-9/h4-7,9-13H,2-3H2,1H3. The number of aliphatic hydroxyl groups excluding tert-OH is 5. The monoisotopic (exact) mass is 194 g/mol. The van der Waals surface area contributed by atoms with Gasteiger partial charge in [0.25, 0.3) is 0 Å². The van der Waals surface area contributed by atoms with Crippen LogP contribution in [0, 0.1) is 0 Å². The third-order valence-electron chi connectivity index (χ3n) is 1.70. The van der Waals surface area contributed by atoms with Gasteiger partial charge in [0.1, 0.15) is 18.3 Å². The Morgan fingerprint density at radius 3 is 1.85 bits per heavy atom. The van der Waals surface area contributed by atoms with Gasteiger partial charge in [-0.1, -0.05) is 0 Å². The van der Waals surface area contributed by atoms with Crippen molar-refractivity contribution in [3.05, 3.63) is 0 Å². The zero-order valence-electron chi connectivity index (χ0n) is 7.41. The second-order valence-corrected chi connectivity index (χ2v) is 2.80. The summed E-state index contributed by atoms with van der Waals surface area (Å²) in [6.45, 7) is -0.704. The third-order valence-corrected chi connectivity index (χ3v) is 1.70. The SMILES string of the molecule is C[N]CC(O)C(O)C(O)C(O)CO. The molecule has 0 aromatic heterocycles. The van der Waals surface area contributed by atoms with Gasteiger partial charge in [-0.25, -0.2) is 5.32 Å². The topological polar surface area (TPSA) is 115 Å². The highest BCUT2D eigenvalue weighted by Gasteiger charge is 2.29. The van der Waals surface area contributed by atoms with Crippen LogP contribution in [0.15, 0.2) is 0 Å². The van der Waals surface area contributed by atoms with Gasteiger partial charge in [-0.2, -0.15) is 0 Å². The summed E-state index contributed by atoms with van der Waals surface area (Å²) in [5, 5.41) is 48.4. The van der Waals surface area contributed by atoms with Crippen molar-refractivity contribution in [1.82, 2.24) is 5.32 Å². The summed E-state index contributed by atoms with van der Waals surface area (Å²) in [5.74, 6) is 0. The van der Waals surface area contributed by atoms with E-state index in [9.17, 15) is 5.11 Å². The van der Waals surface area contributed by atoms with Crippen LogP contribution in [0.1, 0.15) is 0 Å². The number of hydrogen-bond acceptors (Lipinski definition) is 5. The Labute approximate surface area is 76.4 Å². The summed E-state index contributed by atoms with van der Waals surface area (Å²) < 4.78 is 0. The van der Waals surface area contributed by atoms with Crippen molar-refractivity contribution in [3.8, 4) is 0 Å². The first-order chi connectivity index (χ1) is 6.04. The summed E-state index contributed by atoms with van der Waals surface area (Å²) >= 11 is 0. The fourth-order valence-electron chi connectivity index (χ4n) is 0.858. The molecule has 0 heterocycles. The van der Waals surface area contributed by atoms with Crippen LogP contribution in [-0.4, -0.2) is 70.1 Å². The van der Waals surface area contributed by atoms with Crippen LogP contribution in [0.5, 0.6) is 0 Å². The molecule has 4 atom stereocenters. The van der Waals surface area contributed by atoms with Crippen molar-refractivity contribution in [3.63, 3.8) is 0 Å². The molecule has 6 heteroatoms. The van der Waals surface area contributed by atoms with E-state index in [1.165, 1.54) is 7.05 Å². The Morgan fingerprint density at radius 2 is 1.46 bits per heavy atom. The summed E-state index contributed by atoms with van der Waals surface area (Å²) in [7, 11) is 1.45. The van der Waals surface area contributed by atoms with Gasteiger partial charge in [-0.15, -0.1) is 0 Å². The highest BCUT2D eigenvalue weighted by atomic mass is 16.4. The molecule has 0 amide bonds. The number of rotatable bonds is 6. The van der Waals surface area contributed by atoms with Crippen LogP contribution in [0.3, 0.4) is 0 Å². The molecule has 13 heavy (non-hydrogen) atoms. The lowest BCUT2D eigenvalue weighted by Gasteiger charge is -2.24. The van der Waals surface area contributed by atoms with E-state index in [0.717, 1.165) is 0 Å².